The zero-order chi connectivity index (χ0) is 25.7. The summed E-state index contributed by atoms with van der Waals surface area (Å²) in [6.45, 7) is 0.469. The number of carbonyl (C=O) groups is 3. The molecule has 1 saturated carbocycles. The third kappa shape index (κ3) is 3.96. The Kier molecular flexibility index (Phi) is 5.55. The molecule has 9 heteroatoms. The molecule has 6 rings (SSSR count). The van der Waals surface area contributed by atoms with Crippen molar-refractivity contribution in [1.29, 1.82) is 0 Å². The van der Waals surface area contributed by atoms with Gasteiger partial charge in [-0.15, -0.1) is 0 Å². The molecule has 0 unspecified atom stereocenters. The molecule has 0 spiro atoms. The molecule has 3 aromatic rings. The van der Waals surface area contributed by atoms with Crippen LogP contribution in [0, 0.1) is 0 Å². The maximum atomic E-state index is 13.4. The van der Waals surface area contributed by atoms with E-state index >= 15 is 0 Å². The summed E-state index contributed by atoms with van der Waals surface area (Å²) in [7, 11) is 1.61. The molecule has 9 nitrogen and oxygen atoms in total. The number of fused-ring (bicyclic) bond motifs is 2. The molecule has 3 amide bonds. The van der Waals surface area contributed by atoms with E-state index in [1.165, 1.54) is 12.3 Å². The monoisotopic (exact) mass is 498 g/mol. The molecule has 0 bridgehead atoms. The first-order valence-corrected chi connectivity index (χ1v) is 12.3. The molecule has 3 heterocycles. The van der Waals surface area contributed by atoms with Crippen LogP contribution < -0.4 is 20.1 Å². The fourth-order valence-electron chi connectivity index (χ4n) is 5.29. The number of pyridine rings is 1. The van der Waals surface area contributed by atoms with Gasteiger partial charge < -0.3 is 20.1 Å². The van der Waals surface area contributed by atoms with E-state index in [9.17, 15) is 14.4 Å². The fraction of sp³-hybridized carbons (Fsp3) is 0.286. The molecule has 0 saturated heterocycles. The van der Waals surface area contributed by atoms with E-state index in [0.717, 1.165) is 41.8 Å². The fourth-order valence-corrected chi connectivity index (χ4v) is 5.29. The third-order valence-corrected chi connectivity index (χ3v) is 7.25. The first-order valence-electron chi connectivity index (χ1n) is 12.3. The van der Waals surface area contributed by atoms with Gasteiger partial charge in [0.15, 0.2) is 11.5 Å². The number of imide groups is 1. The number of aromatic nitrogens is 1. The standard InChI is InChI=1S/C28H26N4O5/c1-36-23-9-8-18(11-24(23)37-19-4-2-3-5-19)31-15-17-7-6-16(10-20(17)26(31)33)14-32-27(34)21-12-25(29)30-13-22(21)28(32)35/h6-13,19H,2-5,14-15H2,1H3,(H2,29,30). The lowest BCUT2D eigenvalue weighted by Crippen LogP contribution is -2.29. The van der Waals surface area contributed by atoms with E-state index in [1.54, 1.807) is 18.1 Å². The van der Waals surface area contributed by atoms with Crippen LogP contribution in [0.1, 0.15) is 67.9 Å². The molecule has 3 aliphatic rings. The Balaban J connectivity index is 1.23. The average Bonchev–Trinajstić information content (AvgIpc) is 3.59. The smallest absolute Gasteiger partial charge is 0.263 e. The molecular weight excluding hydrogens is 472 g/mol. The molecule has 1 aromatic heterocycles. The summed E-state index contributed by atoms with van der Waals surface area (Å²) >= 11 is 0. The highest BCUT2D eigenvalue weighted by Gasteiger charge is 2.37. The molecule has 0 atom stereocenters. The summed E-state index contributed by atoms with van der Waals surface area (Å²) in [4.78, 5) is 45.8. The minimum atomic E-state index is -0.422. The molecule has 2 aliphatic heterocycles. The summed E-state index contributed by atoms with van der Waals surface area (Å²) in [6.07, 6.45) is 5.82. The quantitative estimate of drug-likeness (QED) is 0.512. The molecule has 188 valence electrons. The number of rotatable bonds is 6. The van der Waals surface area contributed by atoms with E-state index in [2.05, 4.69) is 4.98 Å². The summed E-state index contributed by atoms with van der Waals surface area (Å²) in [5.74, 6) is 0.468. The van der Waals surface area contributed by atoms with Gasteiger partial charge in [-0.05, 0) is 61.1 Å². The number of amides is 3. The van der Waals surface area contributed by atoms with Gasteiger partial charge in [-0.25, -0.2) is 4.98 Å². The Labute approximate surface area is 213 Å². The topological polar surface area (TPSA) is 115 Å². The zero-order valence-corrected chi connectivity index (χ0v) is 20.4. The van der Waals surface area contributed by atoms with E-state index in [0.29, 0.717) is 29.2 Å². The normalized spacial score (nSPS) is 16.9. The Morgan fingerprint density at radius 2 is 1.70 bits per heavy atom. The number of nitrogens with two attached hydrogens (primary N) is 1. The second kappa shape index (κ2) is 8.92. The van der Waals surface area contributed by atoms with Crippen LogP contribution in [0.5, 0.6) is 11.5 Å². The number of anilines is 2. The van der Waals surface area contributed by atoms with E-state index in [-0.39, 0.29) is 35.5 Å². The lowest BCUT2D eigenvalue weighted by Gasteiger charge is -2.20. The van der Waals surface area contributed by atoms with Crippen LogP contribution in [0.2, 0.25) is 0 Å². The van der Waals surface area contributed by atoms with Gasteiger partial charge in [0.2, 0.25) is 0 Å². The third-order valence-electron chi connectivity index (χ3n) is 7.25. The predicted molar refractivity (Wildman–Crippen MR) is 136 cm³/mol. The molecule has 1 aliphatic carbocycles. The summed E-state index contributed by atoms with van der Waals surface area (Å²) in [5, 5.41) is 0. The molecular formula is C28H26N4O5. The van der Waals surface area contributed by atoms with Gasteiger partial charge in [0.05, 0.1) is 37.4 Å². The molecule has 2 N–H and O–H groups in total. The van der Waals surface area contributed by atoms with Crippen LogP contribution in [0.3, 0.4) is 0 Å². The minimum absolute atomic E-state index is 0.0503. The van der Waals surface area contributed by atoms with Gasteiger partial charge in [-0.1, -0.05) is 12.1 Å². The Morgan fingerprint density at radius 3 is 2.49 bits per heavy atom. The SMILES string of the molecule is COc1ccc(N2Cc3ccc(CN4C(=O)c5cnc(N)cc5C4=O)cc3C2=O)cc1OC1CCCC1. The second-order valence-corrected chi connectivity index (χ2v) is 9.59. The van der Waals surface area contributed by atoms with Crippen molar-refractivity contribution in [1.82, 2.24) is 9.88 Å². The predicted octanol–water partition coefficient (Wildman–Crippen LogP) is 3.95. The Hall–Kier alpha value is -4.40. The molecule has 0 radical (unpaired) electrons. The Bertz CT molecular complexity index is 1450. The zero-order valence-electron chi connectivity index (χ0n) is 20.4. The number of carbonyl (C=O) groups excluding carboxylic acids is 3. The van der Waals surface area contributed by atoms with Gasteiger partial charge in [0.1, 0.15) is 5.82 Å². The van der Waals surface area contributed by atoms with Crippen molar-refractivity contribution < 1.29 is 23.9 Å². The first-order chi connectivity index (χ1) is 17.9. The summed E-state index contributed by atoms with van der Waals surface area (Å²) in [6, 6.07) is 12.4. The van der Waals surface area contributed by atoms with Crippen molar-refractivity contribution in [3.8, 4) is 11.5 Å². The lowest BCUT2D eigenvalue weighted by molar-refractivity contribution is 0.0642. The summed E-state index contributed by atoms with van der Waals surface area (Å²) in [5.41, 5.74) is 9.01. The number of hydrogen-bond donors (Lipinski definition) is 1. The van der Waals surface area contributed by atoms with Crippen LogP contribution in [0.4, 0.5) is 11.5 Å². The number of hydrogen-bond acceptors (Lipinski definition) is 7. The highest BCUT2D eigenvalue weighted by atomic mass is 16.5. The van der Waals surface area contributed by atoms with E-state index in [4.69, 9.17) is 15.2 Å². The number of nitrogen functional groups attached to an aromatic ring is 1. The van der Waals surface area contributed by atoms with E-state index < -0.39 is 11.8 Å². The van der Waals surface area contributed by atoms with Crippen LogP contribution in [-0.4, -0.2) is 40.8 Å². The average molecular weight is 499 g/mol. The van der Waals surface area contributed by atoms with Crippen molar-refractivity contribution in [2.24, 2.45) is 0 Å². The molecule has 2 aromatic carbocycles. The van der Waals surface area contributed by atoms with Gasteiger partial charge >= 0.3 is 0 Å². The Morgan fingerprint density at radius 1 is 0.919 bits per heavy atom. The maximum absolute atomic E-state index is 13.4. The van der Waals surface area contributed by atoms with Crippen molar-refractivity contribution in [3.05, 3.63) is 76.5 Å². The van der Waals surface area contributed by atoms with Gasteiger partial charge in [0, 0.05) is 23.5 Å². The minimum Gasteiger partial charge on any atom is -0.493 e. The van der Waals surface area contributed by atoms with Gasteiger partial charge in [0.25, 0.3) is 17.7 Å². The first kappa shape index (κ1) is 23.0. The van der Waals surface area contributed by atoms with Crippen LogP contribution in [0.25, 0.3) is 0 Å². The van der Waals surface area contributed by atoms with Gasteiger partial charge in [-0.2, -0.15) is 0 Å². The number of benzene rings is 2. The highest BCUT2D eigenvalue weighted by Crippen LogP contribution is 2.38. The van der Waals surface area contributed by atoms with Crippen molar-refractivity contribution in [2.75, 3.05) is 17.7 Å². The molecule has 1 fully saturated rings. The van der Waals surface area contributed by atoms with Crippen molar-refractivity contribution >= 4 is 29.2 Å². The highest BCUT2D eigenvalue weighted by molar-refractivity contribution is 6.21. The van der Waals surface area contributed by atoms with Crippen LogP contribution >= 0.6 is 0 Å². The maximum Gasteiger partial charge on any atom is 0.263 e. The van der Waals surface area contributed by atoms with Gasteiger partial charge in [-0.3, -0.25) is 19.3 Å². The van der Waals surface area contributed by atoms with Crippen LogP contribution in [0.15, 0.2) is 48.7 Å². The number of methoxy groups -OCH3 is 1. The van der Waals surface area contributed by atoms with Crippen LogP contribution in [-0.2, 0) is 13.1 Å². The largest absolute Gasteiger partial charge is 0.493 e. The lowest BCUT2D eigenvalue weighted by atomic mass is 10.1. The number of ether oxygens (including phenoxy) is 2. The summed E-state index contributed by atoms with van der Waals surface area (Å²) < 4.78 is 11.7. The van der Waals surface area contributed by atoms with E-state index in [1.807, 2.05) is 30.3 Å². The second-order valence-electron chi connectivity index (χ2n) is 9.59. The number of nitrogens with zero attached hydrogens (tertiary/aromatic N) is 3. The van der Waals surface area contributed by atoms with Crippen molar-refractivity contribution in [3.63, 3.8) is 0 Å². The molecule has 37 heavy (non-hydrogen) atoms. The van der Waals surface area contributed by atoms with Crippen molar-refractivity contribution in [2.45, 2.75) is 44.9 Å².